The zero-order valence-corrected chi connectivity index (χ0v) is 11.9. The highest BCUT2D eigenvalue weighted by Crippen LogP contribution is 2.29. The summed E-state index contributed by atoms with van der Waals surface area (Å²) in [6, 6.07) is 6.11. The topological polar surface area (TPSA) is 24.9 Å². The van der Waals surface area contributed by atoms with Crippen LogP contribution in [0.25, 0.3) is 10.9 Å². The van der Waals surface area contributed by atoms with Crippen LogP contribution in [0.5, 0.6) is 0 Å². The summed E-state index contributed by atoms with van der Waals surface area (Å²) in [6.45, 7) is 7.24. The molecule has 18 heavy (non-hydrogen) atoms. The van der Waals surface area contributed by atoms with E-state index in [0.29, 0.717) is 0 Å². The molecule has 1 aromatic heterocycles. The summed E-state index contributed by atoms with van der Waals surface area (Å²) in [4.78, 5) is 4.75. The van der Waals surface area contributed by atoms with Crippen LogP contribution >= 0.6 is 11.6 Å². The van der Waals surface area contributed by atoms with E-state index in [1.807, 2.05) is 12.1 Å². The minimum Gasteiger partial charge on any atom is -0.385 e. The molecule has 2 rings (SSSR count). The number of rotatable bonds is 4. The molecule has 0 unspecified atom stereocenters. The summed E-state index contributed by atoms with van der Waals surface area (Å²) in [5, 5.41) is 5.29. The monoisotopic (exact) mass is 262 g/mol. The first-order valence-electron chi connectivity index (χ1n) is 6.49. The first kappa shape index (κ1) is 13.2. The maximum atomic E-state index is 6.14. The van der Waals surface area contributed by atoms with Crippen molar-refractivity contribution in [1.82, 2.24) is 4.98 Å². The van der Waals surface area contributed by atoms with Crippen LogP contribution in [0, 0.1) is 6.92 Å². The molecule has 1 N–H and O–H groups in total. The number of anilines is 1. The summed E-state index contributed by atoms with van der Waals surface area (Å²) in [5.74, 6) is 0. The average Bonchev–Trinajstić information content (AvgIpc) is 2.31. The Bertz CT molecular complexity index is 564. The van der Waals surface area contributed by atoms with Gasteiger partial charge in [0.15, 0.2) is 0 Å². The molecule has 0 saturated heterocycles. The third-order valence-corrected chi connectivity index (χ3v) is 3.21. The van der Waals surface area contributed by atoms with E-state index < -0.39 is 0 Å². The zero-order valence-electron chi connectivity index (χ0n) is 11.2. The van der Waals surface area contributed by atoms with Gasteiger partial charge in [-0.2, -0.15) is 0 Å². The quantitative estimate of drug-likeness (QED) is 0.872. The molecule has 0 saturated carbocycles. The van der Waals surface area contributed by atoms with Gasteiger partial charge in [0.05, 0.1) is 5.52 Å². The summed E-state index contributed by atoms with van der Waals surface area (Å²) in [5.41, 5.74) is 4.47. The molecule has 2 nitrogen and oxygen atoms in total. The Labute approximate surface area is 113 Å². The van der Waals surface area contributed by atoms with Crippen molar-refractivity contribution in [3.8, 4) is 0 Å². The maximum absolute atomic E-state index is 6.14. The van der Waals surface area contributed by atoms with Crippen LogP contribution < -0.4 is 5.32 Å². The molecule has 1 aromatic carbocycles. The number of fused-ring (bicyclic) bond motifs is 1. The van der Waals surface area contributed by atoms with Crippen molar-refractivity contribution in [3.63, 3.8) is 0 Å². The lowest BCUT2D eigenvalue weighted by atomic mass is 10.1. The highest BCUT2D eigenvalue weighted by molar-refractivity contribution is 6.31. The maximum Gasteiger partial charge on any atom is 0.0756 e. The molecule has 0 fully saturated rings. The van der Waals surface area contributed by atoms with E-state index in [0.717, 1.165) is 52.3 Å². The molecule has 0 aliphatic heterocycles. The molecule has 96 valence electrons. The van der Waals surface area contributed by atoms with Crippen LogP contribution in [0.1, 0.15) is 31.5 Å². The fraction of sp³-hybridized carbons (Fsp3) is 0.400. The molecule has 0 aliphatic carbocycles. The normalized spacial score (nSPS) is 10.9. The number of aromatic nitrogens is 1. The van der Waals surface area contributed by atoms with Crippen LogP contribution in [0.3, 0.4) is 0 Å². The first-order chi connectivity index (χ1) is 8.65. The highest BCUT2D eigenvalue weighted by Gasteiger charge is 2.08. The lowest BCUT2D eigenvalue weighted by Crippen LogP contribution is -2.01. The van der Waals surface area contributed by atoms with Gasteiger partial charge in [0, 0.05) is 28.3 Å². The van der Waals surface area contributed by atoms with Crippen molar-refractivity contribution in [2.75, 3.05) is 11.9 Å². The van der Waals surface area contributed by atoms with Crippen LogP contribution in [-0.2, 0) is 6.42 Å². The van der Waals surface area contributed by atoms with E-state index >= 15 is 0 Å². The minimum absolute atomic E-state index is 0.768. The SMILES string of the molecule is CCCc1cc(NCC)c2cc(Cl)cc(C)c2n1. The third-order valence-electron chi connectivity index (χ3n) is 3.00. The Morgan fingerprint density at radius 3 is 2.67 bits per heavy atom. The van der Waals surface area contributed by atoms with Gasteiger partial charge in [0.1, 0.15) is 0 Å². The number of pyridine rings is 1. The molecular formula is C15H19ClN2. The number of benzene rings is 1. The summed E-state index contributed by atoms with van der Waals surface area (Å²) < 4.78 is 0. The van der Waals surface area contributed by atoms with E-state index in [1.165, 1.54) is 0 Å². The van der Waals surface area contributed by atoms with Gasteiger partial charge < -0.3 is 5.32 Å². The molecule has 0 radical (unpaired) electrons. The first-order valence-corrected chi connectivity index (χ1v) is 6.87. The van der Waals surface area contributed by atoms with Crippen molar-refractivity contribution in [1.29, 1.82) is 0 Å². The predicted molar refractivity (Wildman–Crippen MR) is 79.6 cm³/mol. The molecule has 1 heterocycles. The van der Waals surface area contributed by atoms with Crippen LogP contribution in [-0.4, -0.2) is 11.5 Å². The second kappa shape index (κ2) is 5.57. The summed E-state index contributed by atoms with van der Waals surface area (Å²) >= 11 is 6.14. The Balaban J connectivity index is 2.68. The Hall–Kier alpha value is -1.28. The fourth-order valence-electron chi connectivity index (χ4n) is 2.23. The van der Waals surface area contributed by atoms with Gasteiger partial charge in [-0.05, 0) is 44.0 Å². The lowest BCUT2D eigenvalue weighted by Gasteiger charge is -2.12. The second-order valence-corrected chi connectivity index (χ2v) is 5.00. The van der Waals surface area contributed by atoms with E-state index in [1.54, 1.807) is 0 Å². The molecule has 0 atom stereocenters. The summed E-state index contributed by atoms with van der Waals surface area (Å²) in [7, 11) is 0. The second-order valence-electron chi connectivity index (χ2n) is 4.56. The number of nitrogens with zero attached hydrogens (tertiary/aromatic N) is 1. The number of hydrogen-bond donors (Lipinski definition) is 1. The van der Waals surface area contributed by atoms with Gasteiger partial charge in [-0.15, -0.1) is 0 Å². The van der Waals surface area contributed by atoms with Gasteiger partial charge in [0.2, 0.25) is 0 Å². The van der Waals surface area contributed by atoms with Gasteiger partial charge >= 0.3 is 0 Å². The molecule has 0 aliphatic rings. The molecule has 0 bridgehead atoms. The Morgan fingerprint density at radius 1 is 1.22 bits per heavy atom. The van der Waals surface area contributed by atoms with E-state index in [2.05, 4.69) is 32.2 Å². The van der Waals surface area contributed by atoms with Crippen LogP contribution in [0.15, 0.2) is 18.2 Å². The number of aryl methyl sites for hydroxylation is 2. The van der Waals surface area contributed by atoms with Gasteiger partial charge in [0.25, 0.3) is 0 Å². The van der Waals surface area contributed by atoms with E-state index in [-0.39, 0.29) is 0 Å². The van der Waals surface area contributed by atoms with Crippen molar-refractivity contribution >= 4 is 28.2 Å². The van der Waals surface area contributed by atoms with Crippen molar-refractivity contribution in [3.05, 3.63) is 34.5 Å². The average molecular weight is 263 g/mol. The molecular weight excluding hydrogens is 244 g/mol. The van der Waals surface area contributed by atoms with Crippen molar-refractivity contribution in [2.45, 2.75) is 33.6 Å². The van der Waals surface area contributed by atoms with E-state index in [4.69, 9.17) is 16.6 Å². The fourth-order valence-corrected chi connectivity index (χ4v) is 2.50. The lowest BCUT2D eigenvalue weighted by molar-refractivity contribution is 0.889. The number of hydrogen-bond acceptors (Lipinski definition) is 2. The smallest absolute Gasteiger partial charge is 0.0756 e. The summed E-state index contributed by atoms with van der Waals surface area (Å²) in [6.07, 6.45) is 2.12. The molecule has 2 aromatic rings. The largest absolute Gasteiger partial charge is 0.385 e. The van der Waals surface area contributed by atoms with Crippen molar-refractivity contribution < 1.29 is 0 Å². The predicted octanol–water partition coefficient (Wildman–Crippen LogP) is 4.58. The van der Waals surface area contributed by atoms with Crippen molar-refractivity contribution in [2.24, 2.45) is 0 Å². The molecule has 3 heteroatoms. The standard InChI is InChI=1S/C15H19ClN2/c1-4-6-12-9-14(17-5-2)13-8-11(16)7-10(3)15(13)18-12/h7-9H,4-6H2,1-3H3,(H,17,18). The number of halogens is 1. The Kier molecular flexibility index (Phi) is 4.07. The van der Waals surface area contributed by atoms with Gasteiger partial charge in [-0.3, -0.25) is 4.98 Å². The van der Waals surface area contributed by atoms with Gasteiger partial charge in [-0.25, -0.2) is 0 Å². The molecule has 0 spiro atoms. The highest BCUT2D eigenvalue weighted by atomic mass is 35.5. The van der Waals surface area contributed by atoms with Gasteiger partial charge in [-0.1, -0.05) is 24.9 Å². The van der Waals surface area contributed by atoms with E-state index in [9.17, 15) is 0 Å². The Morgan fingerprint density at radius 2 is 2.00 bits per heavy atom. The third kappa shape index (κ3) is 2.59. The molecule has 0 amide bonds. The van der Waals surface area contributed by atoms with Crippen LogP contribution in [0.4, 0.5) is 5.69 Å². The zero-order chi connectivity index (χ0) is 13.1. The minimum atomic E-state index is 0.768. The van der Waals surface area contributed by atoms with Crippen LogP contribution in [0.2, 0.25) is 5.02 Å². The number of nitrogens with one attached hydrogen (secondary N) is 1.